The second-order valence-corrected chi connectivity index (χ2v) is 6.29. The SMILES string of the molecule is O=C(Nc1nn(Cc2ccc(CF)cc2)c2ccccc12)c1ccccc1. The smallest absolute Gasteiger partial charge is 0.256 e. The van der Waals surface area contributed by atoms with Crippen molar-refractivity contribution in [1.82, 2.24) is 9.78 Å². The van der Waals surface area contributed by atoms with Gasteiger partial charge in [0.15, 0.2) is 5.82 Å². The van der Waals surface area contributed by atoms with E-state index in [0.29, 0.717) is 23.5 Å². The van der Waals surface area contributed by atoms with E-state index < -0.39 is 6.67 Å². The number of fused-ring (bicyclic) bond motifs is 1. The Morgan fingerprint density at radius 2 is 1.56 bits per heavy atom. The first-order chi connectivity index (χ1) is 13.2. The van der Waals surface area contributed by atoms with Crippen LogP contribution >= 0.6 is 0 Å². The van der Waals surface area contributed by atoms with Gasteiger partial charge in [-0.15, -0.1) is 0 Å². The Morgan fingerprint density at radius 1 is 0.889 bits per heavy atom. The second kappa shape index (κ2) is 7.41. The summed E-state index contributed by atoms with van der Waals surface area (Å²) in [5, 5.41) is 8.39. The summed E-state index contributed by atoms with van der Waals surface area (Å²) in [7, 11) is 0. The van der Waals surface area contributed by atoms with E-state index >= 15 is 0 Å². The molecule has 5 heteroatoms. The molecule has 0 saturated heterocycles. The van der Waals surface area contributed by atoms with Crippen LogP contribution in [0.2, 0.25) is 0 Å². The highest BCUT2D eigenvalue weighted by Gasteiger charge is 2.14. The molecule has 0 fully saturated rings. The number of carbonyl (C=O) groups excluding carboxylic acids is 1. The number of benzene rings is 3. The Labute approximate surface area is 156 Å². The normalized spacial score (nSPS) is 10.9. The van der Waals surface area contributed by atoms with Crippen molar-refractivity contribution >= 4 is 22.6 Å². The van der Waals surface area contributed by atoms with Crippen molar-refractivity contribution < 1.29 is 9.18 Å². The van der Waals surface area contributed by atoms with Crippen LogP contribution in [0, 0.1) is 0 Å². The average molecular weight is 359 g/mol. The molecule has 0 bridgehead atoms. The lowest BCUT2D eigenvalue weighted by Gasteiger charge is -2.05. The van der Waals surface area contributed by atoms with Gasteiger partial charge in [0.1, 0.15) is 6.67 Å². The van der Waals surface area contributed by atoms with Gasteiger partial charge < -0.3 is 5.32 Å². The predicted octanol–water partition coefficient (Wildman–Crippen LogP) is 4.81. The molecule has 1 N–H and O–H groups in total. The molecule has 4 rings (SSSR count). The highest BCUT2D eigenvalue weighted by atomic mass is 19.1. The summed E-state index contributed by atoms with van der Waals surface area (Å²) in [6, 6.07) is 24.2. The molecule has 0 aliphatic rings. The number of hydrogen-bond donors (Lipinski definition) is 1. The zero-order chi connectivity index (χ0) is 18.6. The lowest BCUT2D eigenvalue weighted by Crippen LogP contribution is -2.12. The van der Waals surface area contributed by atoms with Gasteiger partial charge in [0, 0.05) is 10.9 Å². The zero-order valence-electron chi connectivity index (χ0n) is 14.6. The molecular formula is C22H18FN3O. The van der Waals surface area contributed by atoms with Gasteiger partial charge in [0.05, 0.1) is 12.1 Å². The van der Waals surface area contributed by atoms with Gasteiger partial charge in [0.2, 0.25) is 0 Å². The highest BCUT2D eigenvalue weighted by Crippen LogP contribution is 2.24. The molecule has 3 aromatic carbocycles. The molecule has 0 unspecified atom stereocenters. The Balaban J connectivity index is 1.65. The van der Waals surface area contributed by atoms with Gasteiger partial charge in [-0.3, -0.25) is 9.48 Å². The maximum atomic E-state index is 12.7. The number of alkyl halides is 1. The van der Waals surface area contributed by atoms with Crippen LogP contribution in [0.25, 0.3) is 10.9 Å². The first kappa shape index (κ1) is 17.0. The number of hydrogen-bond acceptors (Lipinski definition) is 2. The number of para-hydroxylation sites is 1. The Morgan fingerprint density at radius 3 is 2.30 bits per heavy atom. The fourth-order valence-electron chi connectivity index (χ4n) is 3.02. The van der Waals surface area contributed by atoms with E-state index in [-0.39, 0.29) is 5.91 Å². The number of nitrogens with zero attached hydrogens (tertiary/aromatic N) is 2. The molecule has 1 heterocycles. The van der Waals surface area contributed by atoms with Crippen molar-refractivity contribution in [3.63, 3.8) is 0 Å². The van der Waals surface area contributed by atoms with E-state index in [1.165, 1.54) is 0 Å². The number of halogens is 1. The minimum absolute atomic E-state index is 0.196. The van der Waals surface area contributed by atoms with Gasteiger partial charge >= 0.3 is 0 Å². The third-order valence-electron chi connectivity index (χ3n) is 4.44. The molecule has 0 aliphatic carbocycles. The molecular weight excluding hydrogens is 341 g/mol. The molecule has 0 spiro atoms. The second-order valence-electron chi connectivity index (χ2n) is 6.29. The van der Waals surface area contributed by atoms with E-state index in [1.807, 2.05) is 59.3 Å². The van der Waals surface area contributed by atoms with Gasteiger partial charge in [-0.1, -0.05) is 54.6 Å². The van der Waals surface area contributed by atoms with Crippen molar-refractivity contribution in [2.24, 2.45) is 0 Å². The number of anilines is 1. The summed E-state index contributed by atoms with van der Waals surface area (Å²) >= 11 is 0. The Hall–Kier alpha value is -3.47. The van der Waals surface area contributed by atoms with E-state index in [4.69, 9.17) is 0 Å². The van der Waals surface area contributed by atoms with Gasteiger partial charge in [-0.25, -0.2) is 4.39 Å². The lowest BCUT2D eigenvalue weighted by molar-refractivity contribution is 0.102. The van der Waals surface area contributed by atoms with Crippen LogP contribution < -0.4 is 5.32 Å². The van der Waals surface area contributed by atoms with Crippen LogP contribution in [0.3, 0.4) is 0 Å². The third-order valence-corrected chi connectivity index (χ3v) is 4.44. The summed E-state index contributed by atoms with van der Waals surface area (Å²) < 4.78 is 14.5. The fraction of sp³-hybridized carbons (Fsp3) is 0.0909. The lowest BCUT2D eigenvalue weighted by atomic mass is 10.1. The van der Waals surface area contributed by atoms with Crippen LogP contribution in [0.5, 0.6) is 0 Å². The molecule has 0 saturated carbocycles. The van der Waals surface area contributed by atoms with Crippen molar-refractivity contribution in [3.05, 3.63) is 95.6 Å². The number of aromatic nitrogens is 2. The summed E-state index contributed by atoms with van der Waals surface area (Å²) in [4.78, 5) is 12.5. The third kappa shape index (κ3) is 3.58. The van der Waals surface area contributed by atoms with Crippen LogP contribution in [-0.2, 0) is 13.2 Å². The molecule has 4 aromatic rings. The molecule has 4 nitrogen and oxygen atoms in total. The quantitative estimate of drug-likeness (QED) is 0.556. The Kier molecular flexibility index (Phi) is 4.66. The van der Waals surface area contributed by atoms with E-state index in [0.717, 1.165) is 16.5 Å². The molecule has 0 aliphatic heterocycles. The highest BCUT2D eigenvalue weighted by molar-refractivity contribution is 6.07. The summed E-state index contributed by atoms with van der Waals surface area (Å²) in [6.45, 7) is 0.0644. The standard InChI is InChI=1S/C22H18FN3O/c23-14-16-10-12-17(13-11-16)15-26-20-9-5-4-8-19(20)21(25-26)24-22(27)18-6-2-1-3-7-18/h1-13H,14-15H2,(H,24,25,27). The molecule has 1 aromatic heterocycles. The topological polar surface area (TPSA) is 46.9 Å². The van der Waals surface area contributed by atoms with Crippen molar-refractivity contribution in [2.75, 3.05) is 5.32 Å². The van der Waals surface area contributed by atoms with Gasteiger partial charge in [-0.2, -0.15) is 5.10 Å². The predicted molar refractivity (Wildman–Crippen MR) is 104 cm³/mol. The van der Waals surface area contributed by atoms with E-state index in [1.54, 1.807) is 24.3 Å². The van der Waals surface area contributed by atoms with Gasteiger partial charge in [0.25, 0.3) is 5.91 Å². The summed E-state index contributed by atoms with van der Waals surface area (Å²) in [5.74, 6) is 0.332. The molecule has 0 atom stereocenters. The fourth-order valence-corrected chi connectivity index (χ4v) is 3.02. The number of carbonyl (C=O) groups is 1. The summed E-state index contributed by atoms with van der Waals surface area (Å²) in [5.41, 5.74) is 3.18. The number of nitrogens with one attached hydrogen (secondary N) is 1. The minimum atomic E-state index is -0.472. The maximum absolute atomic E-state index is 12.7. The first-order valence-electron chi connectivity index (χ1n) is 8.70. The summed E-state index contributed by atoms with van der Waals surface area (Å²) in [6.07, 6.45) is 0. The zero-order valence-corrected chi connectivity index (χ0v) is 14.6. The average Bonchev–Trinajstić information content (AvgIpc) is 3.06. The molecule has 0 radical (unpaired) electrons. The van der Waals surface area contributed by atoms with Crippen LogP contribution in [0.4, 0.5) is 10.2 Å². The van der Waals surface area contributed by atoms with Crippen molar-refractivity contribution in [3.8, 4) is 0 Å². The van der Waals surface area contributed by atoms with Gasteiger partial charge in [-0.05, 0) is 35.4 Å². The molecule has 1 amide bonds. The maximum Gasteiger partial charge on any atom is 0.256 e. The minimum Gasteiger partial charge on any atom is -0.305 e. The molecule has 134 valence electrons. The largest absolute Gasteiger partial charge is 0.305 e. The van der Waals surface area contributed by atoms with E-state index in [2.05, 4.69) is 10.4 Å². The van der Waals surface area contributed by atoms with E-state index in [9.17, 15) is 9.18 Å². The van der Waals surface area contributed by atoms with Crippen LogP contribution in [0.1, 0.15) is 21.5 Å². The van der Waals surface area contributed by atoms with Crippen LogP contribution in [-0.4, -0.2) is 15.7 Å². The number of rotatable bonds is 5. The monoisotopic (exact) mass is 359 g/mol. The first-order valence-corrected chi connectivity index (χ1v) is 8.70. The van der Waals surface area contributed by atoms with Crippen molar-refractivity contribution in [2.45, 2.75) is 13.2 Å². The molecule has 27 heavy (non-hydrogen) atoms. The van der Waals surface area contributed by atoms with Crippen molar-refractivity contribution in [1.29, 1.82) is 0 Å². The number of amides is 1. The van der Waals surface area contributed by atoms with Crippen LogP contribution in [0.15, 0.2) is 78.9 Å². The Bertz CT molecular complexity index is 1070.